The fourth-order valence-electron chi connectivity index (χ4n) is 2.35. The van der Waals surface area contributed by atoms with E-state index in [1.807, 2.05) is 12.1 Å². The van der Waals surface area contributed by atoms with Crippen LogP contribution < -0.4 is 10.1 Å². The molecule has 0 unspecified atom stereocenters. The van der Waals surface area contributed by atoms with Crippen molar-refractivity contribution in [2.45, 2.75) is 26.2 Å². The van der Waals surface area contributed by atoms with E-state index in [1.165, 1.54) is 0 Å². The van der Waals surface area contributed by atoms with Crippen molar-refractivity contribution in [2.24, 2.45) is 0 Å². The summed E-state index contributed by atoms with van der Waals surface area (Å²) in [5.74, 6) is -0.652. The zero-order valence-electron chi connectivity index (χ0n) is 15.7. The third kappa shape index (κ3) is 5.43. The van der Waals surface area contributed by atoms with Crippen molar-refractivity contribution in [3.05, 3.63) is 59.7 Å². The Morgan fingerprint density at radius 1 is 1.00 bits per heavy atom. The van der Waals surface area contributed by atoms with Crippen LogP contribution in [0.25, 0.3) is 0 Å². The molecule has 0 aliphatic rings. The molecule has 138 valence electrons. The largest absolute Gasteiger partial charge is 0.491 e. The summed E-state index contributed by atoms with van der Waals surface area (Å²) in [6.07, 6.45) is 0. The maximum Gasteiger partial charge on any atom is 0.296 e. The van der Waals surface area contributed by atoms with Crippen LogP contribution in [-0.2, 0) is 14.9 Å². The van der Waals surface area contributed by atoms with Gasteiger partial charge in [-0.05, 0) is 23.1 Å². The highest BCUT2D eigenvalue weighted by molar-refractivity contribution is 6.46. The summed E-state index contributed by atoms with van der Waals surface area (Å²) < 4.78 is 10.4. The zero-order chi connectivity index (χ0) is 19.2. The molecule has 0 aliphatic carbocycles. The number of rotatable bonds is 7. The van der Waals surface area contributed by atoms with Crippen LogP contribution in [0.15, 0.2) is 48.5 Å². The van der Waals surface area contributed by atoms with Crippen molar-refractivity contribution in [3.8, 4) is 5.75 Å². The molecule has 0 aliphatic heterocycles. The summed E-state index contributed by atoms with van der Waals surface area (Å²) in [7, 11) is 1.60. The molecule has 0 radical (unpaired) electrons. The minimum atomic E-state index is -0.678. The average Bonchev–Trinajstić information content (AvgIpc) is 2.61. The third-order valence-corrected chi connectivity index (χ3v) is 3.87. The Balaban J connectivity index is 2.03. The van der Waals surface area contributed by atoms with Gasteiger partial charge in [0, 0.05) is 24.4 Å². The average molecular weight is 355 g/mol. The number of Topliss-reactive ketones (excluding diaryl/α,β-unsaturated/α-hetero) is 1. The number of ketones is 1. The maximum atomic E-state index is 12.3. The van der Waals surface area contributed by atoms with Crippen LogP contribution >= 0.6 is 0 Å². The lowest BCUT2D eigenvalue weighted by Gasteiger charge is -2.18. The van der Waals surface area contributed by atoms with Crippen molar-refractivity contribution < 1.29 is 19.1 Å². The Labute approximate surface area is 154 Å². The fourth-order valence-corrected chi connectivity index (χ4v) is 2.35. The van der Waals surface area contributed by atoms with E-state index in [0.29, 0.717) is 30.2 Å². The topological polar surface area (TPSA) is 64.6 Å². The lowest BCUT2D eigenvalue weighted by molar-refractivity contribution is -0.112. The lowest BCUT2D eigenvalue weighted by atomic mass is 9.86. The van der Waals surface area contributed by atoms with E-state index >= 15 is 0 Å². The molecule has 1 amide bonds. The summed E-state index contributed by atoms with van der Waals surface area (Å²) >= 11 is 0. The van der Waals surface area contributed by atoms with Gasteiger partial charge in [-0.1, -0.05) is 51.1 Å². The summed E-state index contributed by atoms with van der Waals surface area (Å²) in [5, 5.41) is 2.62. The van der Waals surface area contributed by atoms with Gasteiger partial charge in [0.15, 0.2) is 0 Å². The summed E-state index contributed by atoms with van der Waals surface area (Å²) in [6.45, 7) is 7.17. The van der Waals surface area contributed by atoms with Gasteiger partial charge < -0.3 is 14.8 Å². The number of nitrogens with one attached hydrogen (secondary N) is 1. The molecule has 2 rings (SSSR count). The second kappa shape index (κ2) is 8.63. The Bertz CT molecular complexity index is 760. The van der Waals surface area contributed by atoms with E-state index in [1.54, 1.807) is 43.5 Å². The first kappa shape index (κ1) is 19.7. The monoisotopic (exact) mass is 355 g/mol. The first-order valence-corrected chi connectivity index (χ1v) is 8.49. The zero-order valence-corrected chi connectivity index (χ0v) is 15.7. The predicted molar refractivity (Wildman–Crippen MR) is 102 cm³/mol. The first-order chi connectivity index (χ1) is 12.3. The maximum absolute atomic E-state index is 12.3. The number of methoxy groups -OCH3 is 1. The standard InChI is InChI=1S/C21H25NO4/c1-21(2,3)16-10-8-15(9-11-16)19(23)20(24)22-17-6-5-7-18(14-17)26-13-12-25-4/h5-11,14H,12-13H2,1-4H3,(H,22,24). The van der Waals surface area contributed by atoms with Crippen molar-refractivity contribution in [2.75, 3.05) is 25.6 Å². The molecule has 0 aromatic heterocycles. The van der Waals surface area contributed by atoms with Crippen LogP contribution in [0.2, 0.25) is 0 Å². The molecular weight excluding hydrogens is 330 g/mol. The number of hydrogen-bond acceptors (Lipinski definition) is 4. The van der Waals surface area contributed by atoms with Crippen molar-refractivity contribution in [3.63, 3.8) is 0 Å². The van der Waals surface area contributed by atoms with Crippen molar-refractivity contribution in [1.82, 2.24) is 0 Å². The van der Waals surface area contributed by atoms with Crippen LogP contribution in [0.1, 0.15) is 36.7 Å². The highest BCUT2D eigenvalue weighted by Gasteiger charge is 2.18. The molecule has 2 aromatic carbocycles. The molecule has 26 heavy (non-hydrogen) atoms. The first-order valence-electron chi connectivity index (χ1n) is 8.49. The highest BCUT2D eigenvalue weighted by atomic mass is 16.5. The minimum Gasteiger partial charge on any atom is -0.491 e. The van der Waals surface area contributed by atoms with E-state index in [0.717, 1.165) is 5.56 Å². The molecule has 0 saturated carbocycles. The number of anilines is 1. The molecule has 5 heteroatoms. The molecule has 0 fully saturated rings. The van der Waals surface area contributed by atoms with E-state index in [9.17, 15) is 9.59 Å². The number of amides is 1. The molecule has 0 heterocycles. The Kier molecular flexibility index (Phi) is 6.52. The van der Waals surface area contributed by atoms with Gasteiger partial charge in [0.2, 0.25) is 0 Å². The Morgan fingerprint density at radius 2 is 1.69 bits per heavy atom. The van der Waals surface area contributed by atoms with E-state index in [2.05, 4.69) is 26.1 Å². The minimum absolute atomic E-state index is 0.00685. The SMILES string of the molecule is COCCOc1cccc(NC(=O)C(=O)c2ccc(C(C)(C)C)cc2)c1. The molecule has 0 saturated heterocycles. The number of benzene rings is 2. The van der Waals surface area contributed by atoms with Crippen molar-refractivity contribution >= 4 is 17.4 Å². The van der Waals surface area contributed by atoms with Gasteiger partial charge >= 0.3 is 0 Å². The second-order valence-electron chi connectivity index (χ2n) is 6.98. The summed E-state index contributed by atoms with van der Waals surface area (Å²) in [5.41, 5.74) is 1.97. The van der Waals surface area contributed by atoms with Gasteiger partial charge in [0.25, 0.3) is 11.7 Å². The highest BCUT2D eigenvalue weighted by Crippen LogP contribution is 2.22. The van der Waals surface area contributed by atoms with Crippen LogP contribution in [0, 0.1) is 0 Å². The molecule has 5 nitrogen and oxygen atoms in total. The van der Waals surface area contributed by atoms with Crippen LogP contribution in [0.3, 0.4) is 0 Å². The summed E-state index contributed by atoms with van der Waals surface area (Å²) in [6, 6.07) is 14.0. The van der Waals surface area contributed by atoms with Gasteiger partial charge in [0.05, 0.1) is 6.61 Å². The molecular formula is C21H25NO4. The second-order valence-corrected chi connectivity index (χ2v) is 6.98. The molecule has 0 bridgehead atoms. The number of ether oxygens (including phenoxy) is 2. The van der Waals surface area contributed by atoms with Gasteiger partial charge in [-0.15, -0.1) is 0 Å². The molecule has 0 atom stereocenters. The smallest absolute Gasteiger partial charge is 0.296 e. The lowest BCUT2D eigenvalue weighted by Crippen LogP contribution is -2.23. The number of carbonyl (C=O) groups excluding carboxylic acids is 2. The van der Waals surface area contributed by atoms with Crippen LogP contribution in [-0.4, -0.2) is 32.0 Å². The Hall–Kier alpha value is -2.66. The van der Waals surface area contributed by atoms with Gasteiger partial charge in [-0.25, -0.2) is 0 Å². The number of carbonyl (C=O) groups is 2. The molecule has 1 N–H and O–H groups in total. The van der Waals surface area contributed by atoms with Gasteiger partial charge in [0.1, 0.15) is 12.4 Å². The predicted octanol–water partition coefficient (Wildman–Crippen LogP) is 3.83. The van der Waals surface area contributed by atoms with E-state index in [-0.39, 0.29) is 5.41 Å². The van der Waals surface area contributed by atoms with Crippen molar-refractivity contribution in [1.29, 1.82) is 0 Å². The molecule has 2 aromatic rings. The fraction of sp³-hybridized carbons (Fsp3) is 0.333. The third-order valence-electron chi connectivity index (χ3n) is 3.87. The van der Waals surface area contributed by atoms with Crippen LogP contribution in [0.4, 0.5) is 5.69 Å². The van der Waals surface area contributed by atoms with E-state index < -0.39 is 11.7 Å². The van der Waals surface area contributed by atoms with Crippen LogP contribution in [0.5, 0.6) is 5.75 Å². The summed E-state index contributed by atoms with van der Waals surface area (Å²) in [4.78, 5) is 24.6. The van der Waals surface area contributed by atoms with Gasteiger partial charge in [-0.3, -0.25) is 9.59 Å². The normalized spacial score (nSPS) is 11.1. The molecule has 0 spiro atoms. The quantitative estimate of drug-likeness (QED) is 0.466. The number of hydrogen-bond donors (Lipinski definition) is 1. The van der Waals surface area contributed by atoms with E-state index in [4.69, 9.17) is 9.47 Å². The Morgan fingerprint density at radius 3 is 2.31 bits per heavy atom. The van der Waals surface area contributed by atoms with Gasteiger partial charge in [-0.2, -0.15) is 0 Å².